The smallest absolute Gasteiger partial charge is 0.269 e. The predicted octanol–water partition coefficient (Wildman–Crippen LogP) is 1.35. The Morgan fingerprint density at radius 1 is 1.50 bits per heavy atom. The van der Waals surface area contributed by atoms with Gasteiger partial charge in [0.1, 0.15) is 12.4 Å². The van der Waals surface area contributed by atoms with Crippen molar-refractivity contribution in [3.05, 3.63) is 34.4 Å². The average Bonchev–Trinajstić information content (AvgIpc) is 2.15. The summed E-state index contributed by atoms with van der Waals surface area (Å²) < 4.78 is 5.13. The molecule has 1 unspecified atom stereocenters. The molecular weight excluding hydrogens is 186 g/mol. The van der Waals surface area contributed by atoms with Crippen LogP contribution in [-0.2, 0) is 0 Å². The molecule has 1 rings (SSSR count). The van der Waals surface area contributed by atoms with Crippen molar-refractivity contribution < 1.29 is 14.8 Å². The molecule has 0 aliphatic rings. The van der Waals surface area contributed by atoms with E-state index in [0.717, 1.165) is 0 Å². The molecule has 0 spiro atoms. The summed E-state index contributed by atoms with van der Waals surface area (Å²) >= 11 is 0. The fourth-order valence-electron chi connectivity index (χ4n) is 0.881. The Morgan fingerprint density at radius 2 is 2.07 bits per heavy atom. The fraction of sp³-hybridized carbons (Fsp3) is 0.333. The van der Waals surface area contributed by atoms with Gasteiger partial charge in [0.2, 0.25) is 0 Å². The lowest BCUT2D eigenvalue weighted by Crippen LogP contribution is -2.12. The molecule has 0 radical (unpaired) electrons. The Kier molecular flexibility index (Phi) is 3.41. The minimum absolute atomic E-state index is 0.0226. The maximum Gasteiger partial charge on any atom is 0.269 e. The molecule has 5 nitrogen and oxygen atoms in total. The van der Waals surface area contributed by atoms with Gasteiger partial charge in [-0.05, 0) is 19.1 Å². The van der Waals surface area contributed by atoms with Crippen LogP contribution in [0.25, 0.3) is 0 Å². The van der Waals surface area contributed by atoms with Crippen LogP contribution in [-0.4, -0.2) is 22.7 Å². The molecule has 1 N–H and O–H groups in total. The molecule has 0 saturated carbocycles. The van der Waals surface area contributed by atoms with Crippen LogP contribution in [0.15, 0.2) is 24.3 Å². The van der Waals surface area contributed by atoms with Gasteiger partial charge in [-0.25, -0.2) is 0 Å². The van der Waals surface area contributed by atoms with E-state index in [-0.39, 0.29) is 12.3 Å². The number of rotatable bonds is 4. The highest BCUT2D eigenvalue weighted by Crippen LogP contribution is 2.17. The van der Waals surface area contributed by atoms with E-state index >= 15 is 0 Å². The minimum Gasteiger partial charge on any atom is -0.491 e. The molecule has 1 atom stereocenters. The second-order valence-corrected chi connectivity index (χ2v) is 2.91. The maximum absolute atomic E-state index is 10.3. The monoisotopic (exact) mass is 197 g/mol. The third-order valence-electron chi connectivity index (χ3n) is 1.54. The summed E-state index contributed by atoms with van der Waals surface area (Å²) in [5, 5.41) is 19.2. The number of benzene rings is 1. The first-order valence-electron chi connectivity index (χ1n) is 4.15. The number of nitrogens with zero attached hydrogens (tertiary/aromatic N) is 1. The molecular formula is C9H11NO4. The van der Waals surface area contributed by atoms with Gasteiger partial charge in [-0.3, -0.25) is 10.1 Å². The van der Waals surface area contributed by atoms with Crippen molar-refractivity contribution in [1.29, 1.82) is 0 Å². The zero-order valence-electron chi connectivity index (χ0n) is 7.71. The zero-order chi connectivity index (χ0) is 10.6. The number of ether oxygens (including phenoxy) is 1. The quantitative estimate of drug-likeness (QED) is 0.584. The third kappa shape index (κ3) is 3.02. The predicted molar refractivity (Wildman–Crippen MR) is 50.3 cm³/mol. The lowest BCUT2D eigenvalue weighted by molar-refractivity contribution is -0.384. The van der Waals surface area contributed by atoms with Gasteiger partial charge in [0, 0.05) is 12.1 Å². The summed E-state index contributed by atoms with van der Waals surface area (Å²) in [5.74, 6) is 0.511. The van der Waals surface area contributed by atoms with Crippen LogP contribution in [0, 0.1) is 10.1 Å². The lowest BCUT2D eigenvalue weighted by Gasteiger charge is -2.06. The van der Waals surface area contributed by atoms with Gasteiger partial charge >= 0.3 is 0 Å². The topological polar surface area (TPSA) is 72.6 Å². The van der Waals surface area contributed by atoms with E-state index in [2.05, 4.69) is 0 Å². The average molecular weight is 197 g/mol. The van der Waals surface area contributed by atoms with E-state index in [1.54, 1.807) is 6.92 Å². The molecule has 0 heterocycles. The van der Waals surface area contributed by atoms with Crippen LogP contribution in [0.5, 0.6) is 5.75 Å². The first kappa shape index (κ1) is 10.5. The van der Waals surface area contributed by atoms with E-state index in [4.69, 9.17) is 9.84 Å². The number of hydrogen-bond donors (Lipinski definition) is 1. The van der Waals surface area contributed by atoms with Crippen LogP contribution >= 0.6 is 0 Å². The minimum atomic E-state index is -0.551. The van der Waals surface area contributed by atoms with E-state index in [1.807, 2.05) is 0 Å². The van der Waals surface area contributed by atoms with Crippen LogP contribution in [0.3, 0.4) is 0 Å². The SMILES string of the molecule is CC(O)COc1ccc([N+](=O)[O-])cc1. The highest BCUT2D eigenvalue weighted by Gasteiger charge is 2.04. The Labute approximate surface area is 81.1 Å². The van der Waals surface area contributed by atoms with Gasteiger partial charge in [0.25, 0.3) is 5.69 Å². The maximum atomic E-state index is 10.3. The van der Waals surface area contributed by atoms with Gasteiger partial charge in [-0.1, -0.05) is 0 Å². The second kappa shape index (κ2) is 4.57. The molecule has 1 aromatic rings. The Morgan fingerprint density at radius 3 is 2.50 bits per heavy atom. The molecule has 76 valence electrons. The largest absolute Gasteiger partial charge is 0.491 e. The molecule has 0 bridgehead atoms. The van der Waals surface area contributed by atoms with Crippen LogP contribution in [0.4, 0.5) is 5.69 Å². The Hall–Kier alpha value is -1.62. The first-order chi connectivity index (χ1) is 6.59. The van der Waals surface area contributed by atoms with Crippen LogP contribution in [0.1, 0.15) is 6.92 Å². The molecule has 14 heavy (non-hydrogen) atoms. The summed E-state index contributed by atoms with van der Waals surface area (Å²) in [6.45, 7) is 1.78. The van der Waals surface area contributed by atoms with E-state index in [1.165, 1.54) is 24.3 Å². The molecule has 0 fully saturated rings. The van der Waals surface area contributed by atoms with Crippen molar-refractivity contribution in [3.8, 4) is 5.75 Å². The molecule has 1 aromatic carbocycles. The van der Waals surface area contributed by atoms with Gasteiger partial charge < -0.3 is 9.84 Å². The normalized spacial score (nSPS) is 12.1. The van der Waals surface area contributed by atoms with Crippen molar-refractivity contribution >= 4 is 5.69 Å². The van der Waals surface area contributed by atoms with Crippen molar-refractivity contribution in [1.82, 2.24) is 0 Å². The number of nitro benzene ring substituents is 1. The molecule has 0 amide bonds. The van der Waals surface area contributed by atoms with Gasteiger partial charge in [0.05, 0.1) is 11.0 Å². The number of aliphatic hydroxyl groups is 1. The summed E-state index contributed by atoms with van der Waals surface area (Å²) in [4.78, 5) is 9.83. The molecule has 0 aromatic heterocycles. The van der Waals surface area contributed by atoms with E-state index < -0.39 is 11.0 Å². The fourth-order valence-corrected chi connectivity index (χ4v) is 0.881. The first-order valence-corrected chi connectivity index (χ1v) is 4.15. The Bertz CT molecular complexity index is 307. The lowest BCUT2D eigenvalue weighted by atomic mass is 10.3. The number of non-ortho nitro benzene ring substituents is 1. The highest BCUT2D eigenvalue weighted by molar-refractivity contribution is 5.35. The van der Waals surface area contributed by atoms with Crippen LogP contribution in [0.2, 0.25) is 0 Å². The van der Waals surface area contributed by atoms with E-state index in [9.17, 15) is 10.1 Å². The molecule has 0 aliphatic heterocycles. The van der Waals surface area contributed by atoms with Crippen molar-refractivity contribution in [2.75, 3.05) is 6.61 Å². The van der Waals surface area contributed by atoms with Gasteiger partial charge in [0.15, 0.2) is 0 Å². The summed E-state index contributed by atoms with van der Waals surface area (Å²) in [5.41, 5.74) is 0.0226. The standard InChI is InChI=1S/C9H11NO4/c1-7(11)6-14-9-4-2-8(3-5-9)10(12)13/h2-5,7,11H,6H2,1H3. The highest BCUT2D eigenvalue weighted by atomic mass is 16.6. The van der Waals surface area contributed by atoms with Crippen LogP contribution < -0.4 is 4.74 Å². The molecule has 5 heteroatoms. The number of hydrogen-bond acceptors (Lipinski definition) is 4. The summed E-state index contributed by atoms with van der Waals surface area (Å²) in [6.07, 6.45) is -0.551. The van der Waals surface area contributed by atoms with Gasteiger partial charge in [-0.15, -0.1) is 0 Å². The summed E-state index contributed by atoms with van der Waals surface area (Å²) in [7, 11) is 0. The zero-order valence-corrected chi connectivity index (χ0v) is 7.71. The molecule has 0 saturated heterocycles. The molecule has 0 aliphatic carbocycles. The third-order valence-corrected chi connectivity index (χ3v) is 1.54. The van der Waals surface area contributed by atoms with Crippen molar-refractivity contribution in [3.63, 3.8) is 0 Å². The van der Waals surface area contributed by atoms with Crippen molar-refractivity contribution in [2.24, 2.45) is 0 Å². The van der Waals surface area contributed by atoms with E-state index in [0.29, 0.717) is 5.75 Å². The summed E-state index contributed by atoms with van der Waals surface area (Å²) in [6, 6.07) is 5.72. The van der Waals surface area contributed by atoms with Gasteiger partial charge in [-0.2, -0.15) is 0 Å². The Balaban J connectivity index is 2.60. The number of aliphatic hydroxyl groups excluding tert-OH is 1. The second-order valence-electron chi connectivity index (χ2n) is 2.91. The number of nitro groups is 1. The van der Waals surface area contributed by atoms with Crippen molar-refractivity contribution in [2.45, 2.75) is 13.0 Å².